The second kappa shape index (κ2) is 11.3. The van der Waals surface area contributed by atoms with Gasteiger partial charge in [-0.2, -0.15) is 0 Å². The molecule has 13 nitrogen and oxygen atoms in total. The van der Waals surface area contributed by atoms with Crippen molar-refractivity contribution < 1.29 is 33.0 Å². The van der Waals surface area contributed by atoms with Crippen LogP contribution in [0.15, 0.2) is 49.1 Å². The number of nitrogens with one attached hydrogen (secondary N) is 2. The fraction of sp³-hybridized carbons (Fsp3) is 0.417. The highest BCUT2D eigenvalue weighted by Crippen LogP contribution is 2.45. The normalized spacial score (nSPS) is 26.4. The molecule has 38 heavy (non-hydrogen) atoms. The standard InChI is InChI=1S/C24H29N6O7P/c1-3-25-24(31)29-21-18-22(27-13-26-21)30(14-28-18)23-20-19(16(35-23)12-34-38(32,33)4-2)36-17(37-20)11-10-15-8-6-5-7-9-15/h5-11,13-14,16-17,19-20,23H,3-4,12H2,1-2H3,(H,32,33)(H2,25,26,27,29,31)/b11-10+/t16-,17+,19?,20+,23-/m1/s1. The van der Waals surface area contributed by atoms with Gasteiger partial charge in [0.15, 0.2) is 29.5 Å². The van der Waals surface area contributed by atoms with Gasteiger partial charge in [-0.1, -0.05) is 43.3 Å². The van der Waals surface area contributed by atoms with Crippen molar-refractivity contribution in [2.45, 2.75) is 44.7 Å². The maximum Gasteiger partial charge on any atom is 0.327 e. The van der Waals surface area contributed by atoms with E-state index in [1.54, 1.807) is 24.5 Å². The van der Waals surface area contributed by atoms with Crippen LogP contribution in [-0.2, 0) is 23.3 Å². The van der Waals surface area contributed by atoms with Crippen LogP contribution < -0.4 is 10.6 Å². The molecule has 5 rings (SSSR count). The Kier molecular flexibility index (Phi) is 7.84. The predicted molar refractivity (Wildman–Crippen MR) is 137 cm³/mol. The maximum absolute atomic E-state index is 12.1. The minimum absolute atomic E-state index is 0.0263. The van der Waals surface area contributed by atoms with Crippen molar-refractivity contribution in [1.82, 2.24) is 24.8 Å². The summed E-state index contributed by atoms with van der Waals surface area (Å²) in [7, 11) is -3.75. The number of aromatic nitrogens is 4. The molecule has 2 unspecified atom stereocenters. The maximum atomic E-state index is 12.1. The van der Waals surface area contributed by atoms with Crippen LogP contribution in [0.1, 0.15) is 25.6 Å². The minimum atomic E-state index is -3.75. The number of amides is 2. The summed E-state index contributed by atoms with van der Waals surface area (Å²) in [5.41, 5.74) is 1.76. The fourth-order valence-electron chi connectivity index (χ4n) is 4.28. The summed E-state index contributed by atoms with van der Waals surface area (Å²) < 4.78 is 37.7. The molecule has 4 heterocycles. The first-order chi connectivity index (χ1) is 18.4. The van der Waals surface area contributed by atoms with Gasteiger partial charge >= 0.3 is 13.6 Å². The summed E-state index contributed by atoms with van der Waals surface area (Å²) in [5.74, 6) is 0.241. The minimum Gasteiger partial charge on any atom is -0.347 e. The number of hydrogen-bond acceptors (Lipinski definition) is 9. The average molecular weight is 545 g/mol. The lowest BCUT2D eigenvalue weighted by molar-refractivity contribution is -0.131. The van der Waals surface area contributed by atoms with Crippen LogP contribution in [0.3, 0.4) is 0 Å². The van der Waals surface area contributed by atoms with Crippen LogP contribution in [0, 0.1) is 0 Å². The summed E-state index contributed by atoms with van der Waals surface area (Å²) >= 11 is 0. The molecule has 14 heteroatoms. The molecule has 3 aromatic rings. The van der Waals surface area contributed by atoms with Crippen molar-refractivity contribution in [3.63, 3.8) is 0 Å². The molecular weight excluding hydrogens is 515 g/mol. The zero-order valence-electron chi connectivity index (χ0n) is 20.8. The summed E-state index contributed by atoms with van der Waals surface area (Å²) in [5, 5.41) is 5.31. The Hall–Kier alpha value is -3.19. The lowest BCUT2D eigenvalue weighted by atomic mass is 10.1. The molecule has 2 aliphatic rings. The molecule has 2 amide bonds. The second-order valence-corrected chi connectivity index (χ2v) is 10.9. The highest BCUT2D eigenvalue weighted by Gasteiger charge is 2.53. The molecule has 0 radical (unpaired) electrons. The number of nitrogens with zero attached hydrogens (tertiary/aromatic N) is 4. The summed E-state index contributed by atoms with van der Waals surface area (Å²) in [6.07, 6.45) is 3.21. The van der Waals surface area contributed by atoms with Gasteiger partial charge in [0.1, 0.15) is 24.6 Å². The SMILES string of the molecule is CCNC(=O)Nc1ncnc2c1ncn2[C@@H]1O[C@H](COP(=O)(O)CC)C2O[C@H](/C=C/c3ccccc3)O[C@@H]21. The third-order valence-electron chi connectivity index (χ3n) is 6.16. The number of urea groups is 1. The first kappa shape index (κ1) is 26.4. The van der Waals surface area contributed by atoms with Crippen molar-refractivity contribution in [3.8, 4) is 0 Å². The van der Waals surface area contributed by atoms with Crippen LogP contribution in [0.4, 0.5) is 10.6 Å². The van der Waals surface area contributed by atoms with Gasteiger partial charge in [-0.15, -0.1) is 0 Å². The number of carbonyl (C=O) groups is 1. The lowest BCUT2D eigenvalue weighted by Gasteiger charge is -2.21. The lowest BCUT2D eigenvalue weighted by Crippen LogP contribution is -2.31. The zero-order valence-corrected chi connectivity index (χ0v) is 21.7. The van der Waals surface area contributed by atoms with Gasteiger partial charge in [-0.25, -0.2) is 19.7 Å². The first-order valence-corrected chi connectivity index (χ1v) is 14.0. The highest BCUT2D eigenvalue weighted by molar-refractivity contribution is 7.52. The van der Waals surface area contributed by atoms with Crippen molar-refractivity contribution in [1.29, 1.82) is 0 Å². The molecule has 1 aromatic carbocycles. The monoisotopic (exact) mass is 544 g/mol. The molecule has 3 N–H and O–H groups in total. The molecule has 2 aliphatic heterocycles. The highest BCUT2D eigenvalue weighted by atomic mass is 31.2. The Morgan fingerprint density at radius 2 is 1.95 bits per heavy atom. The van der Waals surface area contributed by atoms with Crippen LogP contribution in [0.5, 0.6) is 0 Å². The summed E-state index contributed by atoms with van der Waals surface area (Å²) in [6.45, 7) is 3.67. The van der Waals surface area contributed by atoms with Gasteiger partial charge in [-0.05, 0) is 18.6 Å². The van der Waals surface area contributed by atoms with E-state index in [1.807, 2.05) is 36.4 Å². The summed E-state index contributed by atoms with van der Waals surface area (Å²) in [4.78, 5) is 34.9. The smallest absolute Gasteiger partial charge is 0.327 e. The molecule has 2 saturated heterocycles. The van der Waals surface area contributed by atoms with Crippen LogP contribution in [0.2, 0.25) is 0 Å². The topological polar surface area (TPSA) is 159 Å². The number of ether oxygens (including phenoxy) is 3. The Bertz CT molecular complexity index is 1350. The molecular formula is C24H29N6O7P. The fourth-order valence-corrected chi connectivity index (χ4v) is 4.85. The van der Waals surface area contributed by atoms with Gasteiger partial charge in [-0.3, -0.25) is 14.4 Å². The van der Waals surface area contributed by atoms with Crippen molar-refractivity contribution in [3.05, 3.63) is 54.6 Å². The largest absolute Gasteiger partial charge is 0.347 e. The van der Waals surface area contributed by atoms with Gasteiger partial charge in [0.2, 0.25) is 0 Å². The number of benzene rings is 1. The van der Waals surface area contributed by atoms with Crippen molar-refractivity contribution in [2.24, 2.45) is 0 Å². The third kappa shape index (κ3) is 5.63. The molecule has 0 spiro atoms. The number of anilines is 1. The van der Waals surface area contributed by atoms with E-state index < -0.39 is 44.5 Å². The Balaban J connectivity index is 1.41. The van der Waals surface area contributed by atoms with Gasteiger partial charge in [0.25, 0.3) is 0 Å². The van der Waals surface area contributed by atoms with E-state index in [2.05, 4.69) is 25.6 Å². The number of rotatable bonds is 9. The number of imidazole rings is 1. The van der Waals surface area contributed by atoms with Gasteiger partial charge in [0, 0.05) is 12.7 Å². The molecule has 6 atom stereocenters. The van der Waals surface area contributed by atoms with E-state index in [4.69, 9.17) is 18.7 Å². The van der Waals surface area contributed by atoms with Crippen LogP contribution >= 0.6 is 7.60 Å². The Labute approximate surface area is 218 Å². The molecule has 0 bridgehead atoms. The first-order valence-electron chi connectivity index (χ1n) is 12.3. The van der Waals surface area contributed by atoms with Crippen molar-refractivity contribution >= 4 is 36.7 Å². The summed E-state index contributed by atoms with van der Waals surface area (Å²) in [6, 6.07) is 9.31. The van der Waals surface area contributed by atoms with Crippen molar-refractivity contribution in [2.75, 3.05) is 24.6 Å². The molecule has 2 aromatic heterocycles. The molecule has 202 valence electrons. The quantitative estimate of drug-likeness (QED) is 0.342. The van der Waals surface area contributed by atoms with E-state index in [9.17, 15) is 14.3 Å². The van der Waals surface area contributed by atoms with Gasteiger partial charge in [0.05, 0.1) is 12.9 Å². The number of fused-ring (bicyclic) bond motifs is 2. The van der Waals surface area contributed by atoms with E-state index in [0.717, 1.165) is 5.56 Å². The predicted octanol–water partition coefficient (Wildman–Crippen LogP) is 2.91. The van der Waals surface area contributed by atoms with E-state index in [1.165, 1.54) is 12.7 Å². The Morgan fingerprint density at radius 3 is 2.71 bits per heavy atom. The van der Waals surface area contributed by atoms with Crippen LogP contribution in [-0.4, -0.2) is 74.4 Å². The zero-order chi connectivity index (χ0) is 26.7. The molecule has 0 aliphatic carbocycles. The average Bonchev–Trinajstić information content (AvgIpc) is 3.61. The number of carbonyl (C=O) groups excluding carboxylic acids is 1. The second-order valence-electron chi connectivity index (χ2n) is 8.68. The van der Waals surface area contributed by atoms with E-state index in [-0.39, 0.29) is 18.6 Å². The van der Waals surface area contributed by atoms with Gasteiger partial charge < -0.3 is 28.9 Å². The van der Waals surface area contributed by atoms with E-state index >= 15 is 0 Å². The van der Waals surface area contributed by atoms with E-state index in [0.29, 0.717) is 17.7 Å². The number of hydrogen-bond donors (Lipinski definition) is 3. The molecule has 0 saturated carbocycles. The third-order valence-corrected chi connectivity index (χ3v) is 7.51. The Morgan fingerprint density at radius 1 is 1.16 bits per heavy atom. The molecule has 2 fully saturated rings. The van der Waals surface area contributed by atoms with Crippen LogP contribution in [0.25, 0.3) is 17.2 Å².